The minimum atomic E-state index is -0.770. The van der Waals surface area contributed by atoms with Crippen molar-refractivity contribution in [2.24, 2.45) is 0 Å². The van der Waals surface area contributed by atoms with Gasteiger partial charge in [0.1, 0.15) is 11.9 Å². The van der Waals surface area contributed by atoms with Crippen LogP contribution in [-0.4, -0.2) is 30.1 Å². The van der Waals surface area contributed by atoms with Crippen LogP contribution in [0.15, 0.2) is 18.2 Å². The minimum absolute atomic E-state index is 0.0536. The van der Waals surface area contributed by atoms with Crippen LogP contribution in [0.25, 0.3) is 0 Å². The number of piperazine rings is 1. The Morgan fingerprint density at radius 2 is 2.28 bits per heavy atom. The quantitative estimate of drug-likeness (QED) is 0.831. The van der Waals surface area contributed by atoms with E-state index in [4.69, 9.17) is 0 Å². The molecular formula is C13H17FN2O2. The lowest BCUT2D eigenvalue weighted by molar-refractivity contribution is -0.122. The van der Waals surface area contributed by atoms with Crippen LogP contribution < -0.4 is 10.2 Å². The number of halogens is 1. The predicted octanol–water partition coefficient (Wildman–Crippen LogP) is 1.20. The van der Waals surface area contributed by atoms with Crippen molar-refractivity contribution in [3.05, 3.63) is 29.6 Å². The lowest BCUT2D eigenvalue weighted by Gasteiger charge is -2.36. The Kier molecular flexibility index (Phi) is 3.52. The molecule has 1 aliphatic heterocycles. The van der Waals surface area contributed by atoms with E-state index in [2.05, 4.69) is 5.32 Å². The third-order valence-electron chi connectivity index (χ3n) is 3.25. The van der Waals surface area contributed by atoms with Crippen molar-refractivity contribution in [2.75, 3.05) is 18.0 Å². The Morgan fingerprint density at radius 3 is 2.94 bits per heavy atom. The summed E-state index contributed by atoms with van der Waals surface area (Å²) in [5.74, 6) is -0.439. The predicted molar refractivity (Wildman–Crippen MR) is 66.9 cm³/mol. The Labute approximate surface area is 105 Å². The monoisotopic (exact) mass is 252 g/mol. The van der Waals surface area contributed by atoms with E-state index in [-0.39, 0.29) is 17.8 Å². The summed E-state index contributed by atoms with van der Waals surface area (Å²) in [5, 5.41) is 12.5. The summed E-state index contributed by atoms with van der Waals surface area (Å²) in [4.78, 5) is 13.5. The van der Waals surface area contributed by atoms with Crippen LogP contribution in [0, 0.1) is 5.82 Å². The zero-order valence-electron chi connectivity index (χ0n) is 10.5. The number of carbonyl (C=O) groups is 1. The molecule has 2 N–H and O–H groups in total. The van der Waals surface area contributed by atoms with Gasteiger partial charge in [-0.3, -0.25) is 4.79 Å². The van der Waals surface area contributed by atoms with Crippen molar-refractivity contribution in [3.8, 4) is 0 Å². The number of amides is 1. The lowest BCUT2D eigenvalue weighted by atomic mass is 10.0. The molecule has 1 aliphatic rings. The Hall–Kier alpha value is -1.62. The smallest absolute Gasteiger partial charge is 0.242 e. The molecule has 2 rings (SSSR count). The molecule has 4 nitrogen and oxygen atoms in total. The average molecular weight is 252 g/mol. The molecule has 98 valence electrons. The molecule has 5 heteroatoms. The molecule has 0 bridgehead atoms. The number of anilines is 1. The van der Waals surface area contributed by atoms with E-state index in [1.165, 1.54) is 12.1 Å². The molecule has 0 aromatic heterocycles. The van der Waals surface area contributed by atoms with Crippen molar-refractivity contribution < 1.29 is 14.3 Å². The molecule has 18 heavy (non-hydrogen) atoms. The zero-order valence-corrected chi connectivity index (χ0v) is 10.5. The molecule has 1 fully saturated rings. The summed E-state index contributed by atoms with van der Waals surface area (Å²) in [6.07, 6.45) is -0.770. The topological polar surface area (TPSA) is 52.6 Å². The normalized spacial score (nSPS) is 21.7. The molecule has 0 aliphatic carbocycles. The summed E-state index contributed by atoms with van der Waals surface area (Å²) >= 11 is 0. The second kappa shape index (κ2) is 4.94. The number of aliphatic hydroxyl groups excluding tert-OH is 1. The summed E-state index contributed by atoms with van der Waals surface area (Å²) < 4.78 is 13.2. The number of hydrogen-bond donors (Lipinski definition) is 2. The van der Waals surface area contributed by atoms with E-state index in [9.17, 15) is 14.3 Å². The second-order valence-corrected chi connectivity index (χ2v) is 4.54. The second-order valence-electron chi connectivity index (χ2n) is 4.54. The van der Waals surface area contributed by atoms with Gasteiger partial charge >= 0.3 is 0 Å². The zero-order chi connectivity index (χ0) is 13.3. The Morgan fingerprint density at radius 1 is 1.56 bits per heavy atom. The first-order valence-electron chi connectivity index (χ1n) is 6.02. The molecule has 1 unspecified atom stereocenters. The van der Waals surface area contributed by atoms with Gasteiger partial charge in [-0.2, -0.15) is 0 Å². The average Bonchev–Trinajstić information content (AvgIpc) is 2.33. The SMILES string of the molecule is CC1C(=O)NCCN1c1ccc(F)cc1[C@H](C)O. The number of nitrogens with one attached hydrogen (secondary N) is 1. The lowest BCUT2D eigenvalue weighted by Crippen LogP contribution is -2.54. The maximum absolute atomic E-state index is 13.2. The third kappa shape index (κ3) is 2.31. The van der Waals surface area contributed by atoms with Gasteiger partial charge in [0, 0.05) is 24.3 Å². The molecular weight excluding hydrogens is 235 g/mol. The fourth-order valence-electron chi connectivity index (χ4n) is 2.23. The van der Waals surface area contributed by atoms with Crippen LogP contribution >= 0.6 is 0 Å². The van der Waals surface area contributed by atoms with E-state index in [1.54, 1.807) is 19.9 Å². The first kappa shape index (κ1) is 12.8. The van der Waals surface area contributed by atoms with Gasteiger partial charge in [0.05, 0.1) is 6.10 Å². The highest BCUT2D eigenvalue weighted by molar-refractivity contribution is 5.86. The molecule has 1 heterocycles. The first-order chi connectivity index (χ1) is 8.50. The van der Waals surface area contributed by atoms with Crippen molar-refractivity contribution >= 4 is 11.6 Å². The van der Waals surface area contributed by atoms with Gasteiger partial charge in [0.25, 0.3) is 0 Å². The Balaban J connectivity index is 2.40. The molecule has 0 saturated carbocycles. The van der Waals surface area contributed by atoms with Crippen LogP contribution in [0.4, 0.5) is 10.1 Å². The van der Waals surface area contributed by atoms with E-state index in [0.717, 1.165) is 0 Å². The maximum atomic E-state index is 13.2. The highest BCUT2D eigenvalue weighted by Crippen LogP contribution is 2.29. The molecule has 0 radical (unpaired) electrons. The highest BCUT2D eigenvalue weighted by atomic mass is 19.1. The van der Waals surface area contributed by atoms with Crippen molar-refractivity contribution in [1.82, 2.24) is 5.32 Å². The Bertz CT molecular complexity index is 462. The molecule has 1 saturated heterocycles. The van der Waals surface area contributed by atoms with Gasteiger partial charge in [0.2, 0.25) is 5.91 Å². The number of carbonyl (C=O) groups excluding carboxylic acids is 1. The molecule has 0 spiro atoms. The maximum Gasteiger partial charge on any atom is 0.242 e. The van der Waals surface area contributed by atoms with Gasteiger partial charge in [-0.15, -0.1) is 0 Å². The van der Waals surface area contributed by atoms with Gasteiger partial charge in [-0.25, -0.2) is 4.39 Å². The van der Waals surface area contributed by atoms with Crippen LogP contribution in [-0.2, 0) is 4.79 Å². The summed E-state index contributed by atoms with van der Waals surface area (Å²) in [7, 11) is 0. The number of aliphatic hydroxyl groups is 1. The van der Waals surface area contributed by atoms with Gasteiger partial charge in [-0.05, 0) is 32.0 Å². The van der Waals surface area contributed by atoms with E-state index < -0.39 is 6.10 Å². The van der Waals surface area contributed by atoms with E-state index in [0.29, 0.717) is 24.3 Å². The minimum Gasteiger partial charge on any atom is -0.389 e. The van der Waals surface area contributed by atoms with E-state index in [1.807, 2.05) is 4.90 Å². The molecule has 1 amide bonds. The highest BCUT2D eigenvalue weighted by Gasteiger charge is 2.27. The third-order valence-corrected chi connectivity index (χ3v) is 3.25. The van der Waals surface area contributed by atoms with Crippen LogP contribution in [0.5, 0.6) is 0 Å². The van der Waals surface area contributed by atoms with Gasteiger partial charge < -0.3 is 15.3 Å². The van der Waals surface area contributed by atoms with Crippen molar-refractivity contribution in [3.63, 3.8) is 0 Å². The van der Waals surface area contributed by atoms with Gasteiger partial charge in [0.15, 0.2) is 0 Å². The standard InChI is InChI=1S/C13H17FN2O2/c1-8-13(18)15-5-6-16(8)12-4-3-10(14)7-11(12)9(2)17/h3-4,7-9,17H,5-6H2,1-2H3,(H,15,18)/t8?,9-/m0/s1. The fraction of sp³-hybridized carbons (Fsp3) is 0.462. The van der Waals surface area contributed by atoms with Crippen LogP contribution in [0.1, 0.15) is 25.5 Å². The fourth-order valence-corrected chi connectivity index (χ4v) is 2.23. The summed E-state index contributed by atoms with van der Waals surface area (Å²) in [6.45, 7) is 4.59. The summed E-state index contributed by atoms with van der Waals surface area (Å²) in [6, 6.07) is 3.97. The first-order valence-corrected chi connectivity index (χ1v) is 6.02. The van der Waals surface area contributed by atoms with Gasteiger partial charge in [-0.1, -0.05) is 0 Å². The number of hydrogen-bond acceptors (Lipinski definition) is 3. The molecule has 1 aromatic rings. The number of nitrogens with zero attached hydrogens (tertiary/aromatic N) is 1. The van der Waals surface area contributed by atoms with E-state index >= 15 is 0 Å². The molecule has 2 atom stereocenters. The molecule has 1 aromatic carbocycles. The van der Waals surface area contributed by atoms with Crippen LogP contribution in [0.3, 0.4) is 0 Å². The van der Waals surface area contributed by atoms with Crippen LogP contribution in [0.2, 0.25) is 0 Å². The van der Waals surface area contributed by atoms with Crippen molar-refractivity contribution in [2.45, 2.75) is 26.0 Å². The van der Waals surface area contributed by atoms with Crippen molar-refractivity contribution in [1.29, 1.82) is 0 Å². The summed E-state index contributed by atoms with van der Waals surface area (Å²) in [5.41, 5.74) is 1.23. The largest absolute Gasteiger partial charge is 0.389 e. The number of benzene rings is 1. The number of rotatable bonds is 2.